The smallest absolute Gasteiger partial charge is 0.281 e. The van der Waals surface area contributed by atoms with Crippen LogP contribution in [0.3, 0.4) is 0 Å². The van der Waals surface area contributed by atoms with Gasteiger partial charge in [-0.05, 0) is 0 Å². The highest BCUT2D eigenvalue weighted by Gasteiger charge is 2.22. The number of amides is 1. The van der Waals surface area contributed by atoms with Gasteiger partial charge in [-0.25, -0.2) is 0 Å². The van der Waals surface area contributed by atoms with Gasteiger partial charge in [0, 0.05) is 24.3 Å². The van der Waals surface area contributed by atoms with Crippen molar-refractivity contribution in [3.63, 3.8) is 0 Å². The van der Waals surface area contributed by atoms with Crippen molar-refractivity contribution in [2.45, 2.75) is 39.0 Å². The van der Waals surface area contributed by atoms with Crippen molar-refractivity contribution >= 4 is 11.8 Å². The molecule has 1 fully saturated rings. The maximum Gasteiger partial charge on any atom is 0.281 e. The van der Waals surface area contributed by atoms with Crippen LogP contribution in [0, 0.1) is 0 Å². The summed E-state index contributed by atoms with van der Waals surface area (Å²) < 4.78 is 5.14. The third-order valence-corrected chi connectivity index (χ3v) is 3.26. The standard InChI is InChI=1S/C13H21N3O2/c1-13(2,3)10-8-12(18-15-10)14-11(17)9-16-6-4-5-7-16/h8H,4-7,9H2,1-3H3,(H,14,17)/p+1. The fourth-order valence-corrected chi connectivity index (χ4v) is 2.15. The lowest BCUT2D eigenvalue weighted by molar-refractivity contribution is -0.878. The Balaban J connectivity index is 1.88. The largest absolute Gasteiger partial charge is 0.338 e. The Kier molecular flexibility index (Phi) is 3.71. The number of hydrogen-bond acceptors (Lipinski definition) is 3. The molecule has 5 heteroatoms. The lowest BCUT2D eigenvalue weighted by Crippen LogP contribution is -3.11. The van der Waals surface area contributed by atoms with Crippen molar-refractivity contribution in [2.75, 3.05) is 25.0 Å². The molecule has 0 bridgehead atoms. The summed E-state index contributed by atoms with van der Waals surface area (Å²) in [6.45, 7) is 8.89. The zero-order chi connectivity index (χ0) is 13.2. The van der Waals surface area contributed by atoms with Crippen LogP contribution in [-0.2, 0) is 10.2 Å². The fourth-order valence-electron chi connectivity index (χ4n) is 2.15. The number of nitrogens with one attached hydrogen (secondary N) is 2. The first kappa shape index (κ1) is 13.1. The van der Waals surface area contributed by atoms with E-state index < -0.39 is 0 Å². The molecule has 1 saturated heterocycles. The molecule has 18 heavy (non-hydrogen) atoms. The minimum Gasteiger partial charge on any atom is -0.338 e. The van der Waals surface area contributed by atoms with E-state index in [2.05, 4.69) is 31.2 Å². The molecule has 0 atom stereocenters. The van der Waals surface area contributed by atoms with Crippen LogP contribution in [0.15, 0.2) is 10.6 Å². The molecular weight excluding hydrogens is 230 g/mol. The Morgan fingerprint density at radius 2 is 2.11 bits per heavy atom. The molecule has 0 radical (unpaired) electrons. The summed E-state index contributed by atoms with van der Waals surface area (Å²) >= 11 is 0. The van der Waals surface area contributed by atoms with Crippen LogP contribution in [0.25, 0.3) is 0 Å². The van der Waals surface area contributed by atoms with Gasteiger partial charge in [0.25, 0.3) is 5.91 Å². The number of carbonyl (C=O) groups is 1. The third kappa shape index (κ3) is 3.32. The van der Waals surface area contributed by atoms with Crippen LogP contribution in [0.5, 0.6) is 0 Å². The van der Waals surface area contributed by atoms with Gasteiger partial charge in [0.15, 0.2) is 6.54 Å². The van der Waals surface area contributed by atoms with Gasteiger partial charge >= 0.3 is 0 Å². The van der Waals surface area contributed by atoms with Gasteiger partial charge in [0.05, 0.1) is 18.8 Å². The molecule has 0 unspecified atom stereocenters. The molecule has 0 aliphatic carbocycles. The SMILES string of the molecule is CC(C)(C)c1cc(NC(=O)C[NH+]2CCCC2)on1. The Labute approximate surface area is 108 Å². The number of nitrogens with zero attached hydrogens (tertiary/aromatic N) is 1. The number of aromatic nitrogens is 1. The van der Waals surface area contributed by atoms with E-state index in [-0.39, 0.29) is 11.3 Å². The van der Waals surface area contributed by atoms with Crippen LogP contribution < -0.4 is 10.2 Å². The predicted molar refractivity (Wildman–Crippen MR) is 68.6 cm³/mol. The number of carbonyl (C=O) groups excluding carboxylic acids is 1. The molecule has 1 amide bonds. The lowest BCUT2D eigenvalue weighted by atomic mass is 9.92. The first-order valence-electron chi connectivity index (χ1n) is 6.56. The number of likely N-dealkylation sites (tertiary alicyclic amines) is 1. The first-order valence-corrected chi connectivity index (χ1v) is 6.56. The van der Waals surface area contributed by atoms with Gasteiger partial charge in [-0.15, -0.1) is 0 Å². The van der Waals surface area contributed by atoms with Gasteiger partial charge in [-0.2, -0.15) is 0 Å². The summed E-state index contributed by atoms with van der Waals surface area (Å²) in [5.41, 5.74) is 0.790. The molecular formula is C13H22N3O2+. The maximum atomic E-state index is 11.8. The Morgan fingerprint density at radius 3 is 2.67 bits per heavy atom. The number of quaternary nitrogens is 1. The third-order valence-electron chi connectivity index (χ3n) is 3.26. The van der Waals surface area contributed by atoms with Gasteiger partial charge < -0.3 is 9.42 Å². The molecule has 2 N–H and O–H groups in total. The number of rotatable bonds is 3. The second-order valence-electron chi connectivity index (χ2n) is 6.01. The van der Waals surface area contributed by atoms with E-state index in [9.17, 15) is 4.79 Å². The number of hydrogen-bond donors (Lipinski definition) is 2. The molecule has 0 saturated carbocycles. The van der Waals surface area contributed by atoms with E-state index in [0.717, 1.165) is 18.8 Å². The summed E-state index contributed by atoms with van der Waals surface area (Å²) in [6, 6.07) is 1.80. The summed E-state index contributed by atoms with van der Waals surface area (Å²) in [7, 11) is 0. The van der Waals surface area contributed by atoms with Crippen LogP contribution in [-0.4, -0.2) is 30.7 Å². The van der Waals surface area contributed by atoms with Crippen LogP contribution >= 0.6 is 0 Å². The molecule has 1 aliphatic rings. The van der Waals surface area contributed by atoms with E-state index in [4.69, 9.17) is 4.52 Å². The predicted octanol–water partition coefficient (Wildman–Crippen LogP) is 0.589. The minimum absolute atomic E-state index is 0.00325. The van der Waals surface area contributed by atoms with Gasteiger partial charge in [-0.1, -0.05) is 25.9 Å². The monoisotopic (exact) mass is 252 g/mol. The van der Waals surface area contributed by atoms with Crippen molar-refractivity contribution in [1.82, 2.24) is 5.16 Å². The molecule has 2 rings (SSSR count). The van der Waals surface area contributed by atoms with Gasteiger partial charge in [0.2, 0.25) is 5.88 Å². The zero-order valence-corrected chi connectivity index (χ0v) is 11.4. The average molecular weight is 252 g/mol. The normalized spacial score (nSPS) is 17.1. The summed E-state index contributed by atoms with van der Waals surface area (Å²) in [5, 5.41) is 6.75. The summed E-state index contributed by atoms with van der Waals surface area (Å²) in [6.07, 6.45) is 2.44. The molecule has 5 nitrogen and oxygen atoms in total. The highest BCUT2D eigenvalue weighted by atomic mass is 16.5. The Hall–Kier alpha value is -1.36. The van der Waals surface area contributed by atoms with Crippen molar-refractivity contribution in [3.8, 4) is 0 Å². The number of anilines is 1. The lowest BCUT2D eigenvalue weighted by Gasteiger charge is -2.12. The van der Waals surface area contributed by atoms with E-state index in [1.807, 2.05) is 0 Å². The van der Waals surface area contributed by atoms with E-state index in [1.165, 1.54) is 17.7 Å². The summed E-state index contributed by atoms with van der Waals surface area (Å²) in [4.78, 5) is 13.2. The van der Waals surface area contributed by atoms with Gasteiger partial charge in [-0.3, -0.25) is 10.1 Å². The van der Waals surface area contributed by atoms with Crippen molar-refractivity contribution in [3.05, 3.63) is 11.8 Å². The second-order valence-corrected chi connectivity index (χ2v) is 6.01. The van der Waals surface area contributed by atoms with Crippen LogP contribution in [0.2, 0.25) is 0 Å². The molecule has 100 valence electrons. The molecule has 2 heterocycles. The molecule has 0 aromatic carbocycles. The highest BCUT2D eigenvalue weighted by Crippen LogP contribution is 2.23. The van der Waals surface area contributed by atoms with Crippen molar-refractivity contribution in [1.29, 1.82) is 0 Å². The average Bonchev–Trinajstić information content (AvgIpc) is 2.87. The fraction of sp³-hybridized carbons (Fsp3) is 0.692. The summed E-state index contributed by atoms with van der Waals surface area (Å²) in [5.74, 6) is 0.451. The van der Waals surface area contributed by atoms with Crippen LogP contribution in [0.1, 0.15) is 39.3 Å². The molecule has 1 aromatic rings. The Morgan fingerprint density at radius 1 is 1.44 bits per heavy atom. The van der Waals surface area contributed by atoms with E-state index >= 15 is 0 Å². The van der Waals surface area contributed by atoms with E-state index in [0.29, 0.717) is 12.4 Å². The minimum atomic E-state index is -0.0628. The van der Waals surface area contributed by atoms with Crippen molar-refractivity contribution in [2.24, 2.45) is 0 Å². The first-order chi connectivity index (χ1) is 8.45. The van der Waals surface area contributed by atoms with Gasteiger partial charge in [0.1, 0.15) is 0 Å². The zero-order valence-electron chi connectivity index (χ0n) is 11.4. The Bertz CT molecular complexity index is 414. The molecule has 1 aliphatic heterocycles. The topological polar surface area (TPSA) is 59.6 Å². The highest BCUT2D eigenvalue weighted by molar-refractivity contribution is 5.90. The second kappa shape index (κ2) is 5.10. The maximum absolute atomic E-state index is 11.8. The quantitative estimate of drug-likeness (QED) is 0.827. The molecule has 0 spiro atoms. The van der Waals surface area contributed by atoms with Crippen LogP contribution in [0.4, 0.5) is 5.88 Å². The molecule has 1 aromatic heterocycles. The van der Waals surface area contributed by atoms with Crippen molar-refractivity contribution < 1.29 is 14.2 Å². The van der Waals surface area contributed by atoms with E-state index in [1.54, 1.807) is 6.07 Å².